The Morgan fingerprint density at radius 1 is 1.18 bits per heavy atom. The fraction of sp³-hybridized carbons (Fsp3) is 0.333. The van der Waals surface area contributed by atoms with Crippen molar-refractivity contribution in [1.29, 1.82) is 0 Å². The molecule has 1 aromatic rings. The monoisotopic (exact) mass is 321 g/mol. The van der Waals surface area contributed by atoms with Gasteiger partial charge in [-0.3, -0.25) is 19.7 Å². The molecule has 0 amide bonds. The molecule has 0 aliphatic carbocycles. The predicted molar refractivity (Wildman–Crippen MR) is 64.9 cm³/mol. The molecule has 0 aromatic heterocycles. The Hall–Kier alpha value is -2.65. The highest BCUT2D eigenvalue weighted by atomic mass is 19.4. The first kappa shape index (κ1) is 17.4. The van der Waals surface area contributed by atoms with Crippen LogP contribution in [0.2, 0.25) is 0 Å². The number of rotatable bonds is 4. The molecule has 22 heavy (non-hydrogen) atoms. The summed E-state index contributed by atoms with van der Waals surface area (Å²) in [5.74, 6) is -4.54. The second-order valence-electron chi connectivity index (χ2n) is 4.01. The number of hydrogen-bond donors (Lipinski definition) is 0. The van der Waals surface area contributed by atoms with E-state index in [4.69, 9.17) is 0 Å². The van der Waals surface area contributed by atoms with Gasteiger partial charge in [-0.05, 0) is 5.56 Å². The van der Waals surface area contributed by atoms with Gasteiger partial charge in [-0.1, -0.05) is 6.07 Å². The number of hydrogen-bond acceptors (Lipinski definition) is 6. The topological polar surface area (TPSA) is 95.7 Å². The number of nitro benzene ring substituents is 1. The molecule has 0 aliphatic heterocycles. The first-order valence-electron chi connectivity index (χ1n) is 5.64. The third kappa shape index (κ3) is 3.51. The van der Waals surface area contributed by atoms with E-state index in [0.29, 0.717) is 6.07 Å². The van der Waals surface area contributed by atoms with E-state index in [0.717, 1.165) is 20.3 Å². The zero-order valence-corrected chi connectivity index (χ0v) is 11.3. The molecule has 0 unspecified atom stereocenters. The Kier molecular flexibility index (Phi) is 5.07. The van der Waals surface area contributed by atoms with Crippen molar-refractivity contribution in [3.05, 3.63) is 39.4 Å². The molecule has 7 nitrogen and oxygen atoms in total. The number of alkyl halides is 3. The minimum atomic E-state index is -5.01. The van der Waals surface area contributed by atoms with Gasteiger partial charge in [-0.15, -0.1) is 0 Å². The van der Waals surface area contributed by atoms with Gasteiger partial charge in [0.1, 0.15) is 0 Å². The molecule has 0 aliphatic rings. The lowest BCUT2D eigenvalue weighted by Gasteiger charge is -2.18. The zero-order valence-electron chi connectivity index (χ0n) is 11.3. The Morgan fingerprint density at radius 3 is 2.05 bits per heavy atom. The van der Waals surface area contributed by atoms with Crippen molar-refractivity contribution in [2.45, 2.75) is 12.1 Å². The number of ether oxygens (including phenoxy) is 2. The Labute approximate surface area is 121 Å². The van der Waals surface area contributed by atoms with E-state index in [1.165, 1.54) is 0 Å². The number of nitro groups is 1. The van der Waals surface area contributed by atoms with Gasteiger partial charge in [-0.25, -0.2) is 0 Å². The van der Waals surface area contributed by atoms with E-state index in [2.05, 4.69) is 9.47 Å². The Balaban J connectivity index is 3.58. The maximum absolute atomic E-state index is 13.1. The smallest absolute Gasteiger partial charge is 0.416 e. The van der Waals surface area contributed by atoms with Crippen LogP contribution in [0.3, 0.4) is 0 Å². The van der Waals surface area contributed by atoms with Crippen LogP contribution in [0.5, 0.6) is 0 Å². The van der Waals surface area contributed by atoms with Gasteiger partial charge in [0.15, 0.2) is 5.92 Å². The SMILES string of the molecule is COC(=O)C(C(=O)OC)c1ccc([N+](=O)[O-])cc1C(F)(F)F. The number of esters is 2. The van der Waals surface area contributed by atoms with Gasteiger partial charge < -0.3 is 9.47 Å². The van der Waals surface area contributed by atoms with Crippen LogP contribution in [0.4, 0.5) is 18.9 Å². The molecule has 0 N–H and O–H groups in total. The molecular formula is C12H10F3NO6. The van der Waals surface area contributed by atoms with Crippen LogP contribution in [-0.4, -0.2) is 31.1 Å². The lowest BCUT2D eigenvalue weighted by molar-refractivity contribution is -0.385. The van der Waals surface area contributed by atoms with Crippen molar-refractivity contribution >= 4 is 17.6 Å². The average molecular weight is 321 g/mol. The molecule has 0 atom stereocenters. The van der Waals surface area contributed by atoms with Crippen LogP contribution in [0.1, 0.15) is 17.0 Å². The molecule has 0 radical (unpaired) electrons. The van der Waals surface area contributed by atoms with Crippen molar-refractivity contribution in [3.63, 3.8) is 0 Å². The molecule has 120 valence electrons. The minimum absolute atomic E-state index is 0.244. The number of non-ortho nitro benzene ring substituents is 1. The summed E-state index contributed by atoms with van der Waals surface area (Å²) in [5, 5.41) is 10.6. The Bertz CT molecular complexity index is 597. The molecule has 0 fully saturated rings. The normalized spacial score (nSPS) is 11.2. The molecule has 0 saturated carbocycles. The molecule has 0 heterocycles. The number of carbonyl (C=O) groups excluding carboxylic acids is 2. The molecule has 1 aromatic carbocycles. The quantitative estimate of drug-likeness (QED) is 0.364. The average Bonchev–Trinajstić information content (AvgIpc) is 2.45. The maximum atomic E-state index is 13.1. The van der Waals surface area contributed by atoms with Gasteiger partial charge in [0.25, 0.3) is 5.69 Å². The standard InChI is InChI=1S/C12H10F3NO6/c1-21-10(17)9(11(18)22-2)7-4-3-6(16(19)20)5-8(7)12(13,14)15/h3-5,9H,1-2H3. The summed E-state index contributed by atoms with van der Waals surface area (Å²) in [5.41, 5.74) is -3.09. The van der Waals surface area contributed by atoms with Crippen molar-refractivity contribution in [2.75, 3.05) is 14.2 Å². The number of methoxy groups -OCH3 is 2. The first-order chi connectivity index (χ1) is 10.1. The lowest BCUT2D eigenvalue weighted by atomic mass is 9.93. The molecular weight excluding hydrogens is 311 g/mol. The molecule has 1 rings (SSSR count). The summed E-state index contributed by atoms with van der Waals surface area (Å²) in [6, 6.07) is 1.68. The van der Waals surface area contributed by atoms with Crippen LogP contribution >= 0.6 is 0 Å². The molecule has 0 saturated heterocycles. The van der Waals surface area contributed by atoms with E-state index in [-0.39, 0.29) is 6.07 Å². The highest BCUT2D eigenvalue weighted by Gasteiger charge is 2.41. The van der Waals surface area contributed by atoms with E-state index in [1.54, 1.807) is 0 Å². The summed E-state index contributed by atoms with van der Waals surface area (Å²) in [6.07, 6.45) is -5.01. The number of carbonyl (C=O) groups is 2. The fourth-order valence-electron chi connectivity index (χ4n) is 1.74. The predicted octanol–water partition coefficient (Wildman–Crippen LogP) is 2.04. The highest BCUT2D eigenvalue weighted by molar-refractivity contribution is 6.01. The third-order valence-electron chi connectivity index (χ3n) is 2.74. The van der Waals surface area contributed by atoms with Gasteiger partial charge in [0, 0.05) is 12.1 Å². The van der Waals surface area contributed by atoms with E-state index < -0.39 is 45.8 Å². The van der Waals surface area contributed by atoms with Gasteiger partial charge in [0.05, 0.1) is 24.7 Å². The lowest BCUT2D eigenvalue weighted by Crippen LogP contribution is -2.27. The van der Waals surface area contributed by atoms with E-state index in [9.17, 15) is 32.9 Å². The van der Waals surface area contributed by atoms with Crippen molar-refractivity contribution in [2.24, 2.45) is 0 Å². The maximum Gasteiger partial charge on any atom is 0.416 e. The van der Waals surface area contributed by atoms with E-state index in [1.807, 2.05) is 0 Å². The van der Waals surface area contributed by atoms with Crippen LogP contribution < -0.4 is 0 Å². The minimum Gasteiger partial charge on any atom is -0.468 e. The molecule has 0 bridgehead atoms. The number of halogens is 3. The largest absolute Gasteiger partial charge is 0.468 e. The van der Waals surface area contributed by atoms with Crippen LogP contribution in [0.15, 0.2) is 18.2 Å². The number of benzene rings is 1. The zero-order chi connectivity index (χ0) is 17.1. The summed E-state index contributed by atoms with van der Waals surface area (Å²) in [6.45, 7) is 0. The summed E-state index contributed by atoms with van der Waals surface area (Å²) >= 11 is 0. The third-order valence-corrected chi connectivity index (χ3v) is 2.74. The fourth-order valence-corrected chi connectivity index (χ4v) is 1.74. The summed E-state index contributed by atoms with van der Waals surface area (Å²) < 4.78 is 47.8. The van der Waals surface area contributed by atoms with Crippen LogP contribution in [0.25, 0.3) is 0 Å². The second kappa shape index (κ2) is 6.41. The first-order valence-corrected chi connectivity index (χ1v) is 5.64. The van der Waals surface area contributed by atoms with Crippen molar-refractivity contribution in [1.82, 2.24) is 0 Å². The Morgan fingerprint density at radius 2 is 1.68 bits per heavy atom. The van der Waals surface area contributed by atoms with Crippen molar-refractivity contribution in [3.8, 4) is 0 Å². The van der Waals surface area contributed by atoms with Gasteiger partial charge in [0.2, 0.25) is 0 Å². The highest BCUT2D eigenvalue weighted by Crippen LogP contribution is 2.38. The number of nitrogens with zero attached hydrogens (tertiary/aromatic N) is 1. The van der Waals surface area contributed by atoms with E-state index >= 15 is 0 Å². The van der Waals surface area contributed by atoms with Gasteiger partial charge in [-0.2, -0.15) is 13.2 Å². The van der Waals surface area contributed by atoms with Crippen LogP contribution in [0, 0.1) is 10.1 Å². The molecule has 0 spiro atoms. The summed E-state index contributed by atoms with van der Waals surface area (Å²) in [7, 11) is 1.77. The molecule has 10 heteroatoms. The summed E-state index contributed by atoms with van der Waals surface area (Å²) in [4.78, 5) is 32.7. The van der Waals surface area contributed by atoms with Gasteiger partial charge >= 0.3 is 18.1 Å². The van der Waals surface area contributed by atoms with Crippen molar-refractivity contribution < 1.29 is 37.2 Å². The second-order valence-corrected chi connectivity index (χ2v) is 4.01. The van der Waals surface area contributed by atoms with Crippen LogP contribution in [-0.2, 0) is 25.2 Å².